The third-order valence-electron chi connectivity index (χ3n) is 2.49. The Labute approximate surface area is 99.8 Å². The fourth-order valence-corrected chi connectivity index (χ4v) is 1.76. The topological polar surface area (TPSA) is 18.5 Å². The molecule has 1 saturated heterocycles. The zero-order chi connectivity index (χ0) is 11.8. The monoisotopic (exact) mass is 242 g/mol. The van der Waals surface area contributed by atoms with Crippen LogP contribution in [0.3, 0.4) is 0 Å². The number of halogens is 2. The molecule has 0 radical (unpaired) electrons. The van der Waals surface area contributed by atoms with Crippen molar-refractivity contribution in [2.45, 2.75) is 13.8 Å². The van der Waals surface area contributed by atoms with Gasteiger partial charge in [-0.1, -0.05) is 37.6 Å². The second-order valence-electron chi connectivity index (χ2n) is 4.76. The highest BCUT2D eigenvalue weighted by molar-refractivity contribution is 6.61. The Hall–Kier alpha value is -0.575. The van der Waals surface area contributed by atoms with Crippen LogP contribution in [0, 0.1) is 11.2 Å². The second-order valence-corrected chi connectivity index (χ2v) is 5.17. The smallest absolute Gasteiger partial charge is 0.407 e. The van der Waals surface area contributed by atoms with Gasteiger partial charge in [0.2, 0.25) is 0 Å². The van der Waals surface area contributed by atoms with Gasteiger partial charge < -0.3 is 9.31 Å². The van der Waals surface area contributed by atoms with E-state index < -0.39 is 12.9 Å². The summed E-state index contributed by atoms with van der Waals surface area (Å²) in [6.07, 6.45) is 0. The Morgan fingerprint density at radius 1 is 1.31 bits per heavy atom. The van der Waals surface area contributed by atoms with Crippen LogP contribution in [0.4, 0.5) is 4.39 Å². The molecule has 2 nitrogen and oxygen atoms in total. The normalized spacial score (nSPS) is 19.9. The highest BCUT2D eigenvalue weighted by Gasteiger charge is 2.35. The van der Waals surface area contributed by atoms with E-state index in [-0.39, 0.29) is 10.4 Å². The van der Waals surface area contributed by atoms with Crippen molar-refractivity contribution in [3.63, 3.8) is 0 Å². The van der Waals surface area contributed by atoms with Crippen LogP contribution in [-0.4, -0.2) is 20.3 Å². The van der Waals surface area contributed by atoms with Gasteiger partial charge in [-0.2, -0.15) is 0 Å². The molecule has 2 rings (SSSR count). The highest BCUT2D eigenvalue weighted by Crippen LogP contribution is 2.22. The summed E-state index contributed by atoms with van der Waals surface area (Å²) < 4.78 is 24.7. The fraction of sp³-hybridized carbons (Fsp3) is 0.455. The van der Waals surface area contributed by atoms with Gasteiger partial charge >= 0.3 is 7.12 Å². The molecule has 0 atom stereocenters. The minimum Gasteiger partial charge on any atom is -0.407 e. The van der Waals surface area contributed by atoms with Crippen molar-refractivity contribution in [3.8, 4) is 0 Å². The molecule has 1 aromatic rings. The first kappa shape index (κ1) is 11.9. The largest absolute Gasteiger partial charge is 0.496 e. The molecule has 1 aromatic carbocycles. The van der Waals surface area contributed by atoms with Crippen molar-refractivity contribution < 1.29 is 13.7 Å². The van der Waals surface area contributed by atoms with Gasteiger partial charge in [-0.25, -0.2) is 4.39 Å². The SMILES string of the molecule is CC1(C)COB(c2cccc(Cl)c2F)OC1. The maximum atomic E-state index is 13.7. The predicted molar refractivity (Wildman–Crippen MR) is 62.5 cm³/mol. The summed E-state index contributed by atoms with van der Waals surface area (Å²) in [6.45, 7) is 5.17. The summed E-state index contributed by atoms with van der Waals surface area (Å²) in [5.41, 5.74) is 0.342. The molecular weight excluding hydrogens is 229 g/mol. The van der Waals surface area contributed by atoms with Gasteiger partial charge in [-0.05, 0) is 6.07 Å². The molecule has 1 aliphatic heterocycles. The molecule has 16 heavy (non-hydrogen) atoms. The van der Waals surface area contributed by atoms with Crippen molar-refractivity contribution in [3.05, 3.63) is 29.0 Å². The van der Waals surface area contributed by atoms with Gasteiger partial charge in [0.25, 0.3) is 0 Å². The maximum absolute atomic E-state index is 13.7. The lowest BCUT2D eigenvalue weighted by atomic mass is 9.75. The molecule has 0 amide bonds. The maximum Gasteiger partial charge on any atom is 0.496 e. The van der Waals surface area contributed by atoms with Gasteiger partial charge in [-0.3, -0.25) is 0 Å². The third kappa shape index (κ3) is 2.39. The Balaban J connectivity index is 2.17. The summed E-state index contributed by atoms with van der Waals surface area (Å²) >= 11 is 5.70. The summed E-state index contributed by atoms with van der Waals surface area (Å²) in [7, 11) is -0.647. The summed E-state index contributed by atoms with van der Waals surface area (Å²) in [6, 6.07) is 4.82. The van der Waals surface area contributed by atoms with Crippen molar-refractivity contribution >= 4 is 24.2 Å². The van der Waals surface area contributed by atoms with Crippen LogP contribution in [0.2, 0.25) is 5.02 Å². The predicted octanol–water partition coefficient (Wildman–Crippen LogP) is 2.25. The van der Waals surface area contributed by atoms with Gasteiger partial charge in [-0.15, -0.1) is 0 Å². The third-order valence-corrected chi connectivity index (χ3v) is 2.78. The minimum absolute atomic E-state index is 0.0223. The highest BCUT2D eigenvalue weighted by atomic mass is 35.5. The van der Waals surface area contributed by atoms with E-state index in [0.717, 1.165) is 0 Å². The van der Waals surface area contributed by atoms with Crippen LogP contribution in [0.25, 0.3) is 0 Å². The van der Waals surface area contributed by atoms with Crippen LogP contribution >= 0.6 is 11.6 Å². The van der Waals surface area contributed by atoms with E-state index in [2.05, 4.69) is 0 Å². The van der Waals surface area contributed by atoms with Crippen LogP contribution in [0.5, 0.6) is 0 Å². The Bertz CT molecular complexity index is 388. The second kappa shape index (κ2) is 4.36. The molecule has 1 fully saturated rings. The average Bonchev–Trinajstić information content (AvgIpc) is 2.23. The Kier molecular flexibility index (Phi) is 3.24. The molecule has 1 heterocycles. The average molecular weight is 242 g/mol. The van der Waals surface area contributed by atoms with E-state index in [4.69, 9.17) is 20.9 Å². The van der Waals surface area contributed by atoms with Crippen LogP contribution in [0.15, 0.2) is 18.2 Å². The molecule has 0 saturated carbocycles. The van der Waals surface area contributed by atoms with Crippen LogP contribution < -0.4 is 5.46 Å². The standard InChI is InChI=1S/C11H13BClFO2/c1-11(2)6-15-12(16-7-11)8-4-3-5-9(13)10(8)14/h3-5H,6-7H2,1-2H3. The van der Waals surface area contributed by atoms with Gasteiger partial charge in [0.05, 0.1) is 5.02 Å². The fourth-order valence-electron chi connectivity index (χ4n) is 1.57. The van der Waals surface area contributed by atoms with Crippen molar-refractivity contribution in [2.75, 3.05) is 13.2 Å². The molecule has 1 aliphatic rings. The van der Waals surface area contributed by atoms with E-state index in [9.17, 15) is 4.39 Å². The molecular formula is C11H13BClFO2. The molecule has 0 spiro atoms. The molecule has 86 valence electrons. The summed E-state index contributed by atoms with van der Waals surface area (Å²) in [5.74, 6) is -0.464. The van der Waals surface area contributed by atoms with Crippen molar-refractivity contribution in [1.82, 2.24) is 0 Å². The van der Waals surface area contributed by atoms with E-state index in [0.29, 0.717) is 18.7 Å². The minimum atomic E-state index is -0.647. The number of hydrogen-bond donors (Lipinski definition) is 0. The van der Waals surface area contributed by atoms with Gasteiger partial charge in [0.1, 0.15) is 5.82 Å². The first-order chi connectivity index (χ1) is 7.49. The van der Waals surface area contributed by atoms with E-state index in [1.807, 2.05) is 13.8 Å². The van der Waals surface area contributed by atoms with Gasteiger partial charge in [0.15, 0.2) is 0 Å². The summed E-state index contributed by atoms with van der Waals surface area (Å²) in [5, 5.41) is 0.0922. The molecule has 0 unspecified atom stereocenters. The number of rotatable bonds is 1. The zero-order valence-corrected chi connectivity index (χ0v) is 10.1. The molecule has 0 aromatic heterocycles. The van der Waals surface area contributed by atoms with Crippen LogP contribution in [0.1, 0.15) is 13.8 Å². The number of hydrogen-bond acceptors (Lipinski definition) is 2. The molecule has 0 bridgehead atoms. The first-order valence-corrected chi connectivity index (χ1v) is 5.54. The van der Waals surface area contributed by atoms with Gasteiger partial charge in [0, 0.05) is 24.1 Å². The molecule has 0 aliphatic carbocycles. The van der Waals surface area contributed by atoms with E-state index in [1.54, 1.807) is 12.1 Å². The molecule has 0 N–H and O–H groups in total. The zero-order valence-electron chi connectivity index (χ0n) is 9.30. The quantitative estimate of drug-likeness (QED) is 0.703. The lowest BCUT2D eigenvalue weighted by Gasteiger charge is -2.33. The lowest BCUT2D eigenvalue weighted by molar-refractivity contribution is 0.0340. The first-order valence-electron chi connectivity index (χ1n) is 5.17. The number of benzene rings is 1. The molecule has 5 heteroatoms. The van der Waals surface area contributed by atoms with E-state index in [1.165, 1.54) is 6.07 Å². The Morgan fingerprint density at radius 2 is 1.94 bits per heavy atom. The van der Waals surface area contributed by atoms with Crippen LogP contribution in [-0.2, 0) is 9.31 Å². The van der Waals surface area contributed by atoms with Crippen molar-refractivity contribution in [1.29, 1.82) is 0 Å². The summed E-state index contributed by atoms with van der Waals surface area (Å²) in [4.78, 5) is 0. The Morgan fingerprint density at radius 3 is 2.56 bits per heavy atom. The lowest BCUT2D eigenvalue weighted by Crippen LogP contribution is -2.48. The van der Waals surface area contributed by atoms with E-state index >= 15 is 0 Å². The van der Waals surface area contributed by atoms with Crippen molar-refractivity contribution in [2.24, 2.45) is 5.41 Å².